The third-order valence-corrected chi connectivity index (χ3v) is 2.85. The van der Waals surface area contributed by atoms with Gasteiger partial charge in [-0.25, -0.2) is 0 Å². The number of nitrogens with zero attached hydrogens (tertiary/aromatic N) is 3. The van der Waals surface area contributed by atoms with E-state index >= 15 is 0 Å². The Morgan fingerprint density at radius 1 is 1.64 bits per heavy atom. The first-order chi connectivity index (χ1) is 6.81. The summed E-state index contributed by atoms with van der Waals surface area (Å²) < 4.78 is 2.27. The van der Waals surface area contributed by atoms with Gasteiger partial charge in [-0.1, -0.05) is 0 Å². The van der Waals surface area contributed by atoms with Crippen LogP contribution >= 0.6 is 23.6 Å². The molecular weight excluding hydrogens is 220 g/mol. The number of H-pyrrole nitrogens is 1. The average molecular weight is 228 g/mol. The Balaban J connectivity index is 2.32. The van der Waals surface area contributed by atoms with Crippen LogP contribution in [0.3, 0.4) is 0 Å². The monoisotopic (exact) mass is 228 g/mol. The lowest BCUT2D eigenvalue weighted by atomic mass is 10.5. The summed E-state index contributed by atoms with van der Waals surface area (Å²) in [5.41, 5.74) is 1.76. The molecule has 2 aromatic rings. The van der Waals surface area contributed by atoms with Crippen molar-refractivity contribution in [3.8, 4) is 0 Å². The number of rotatable bonds is 3. The molecular formula is C7H8N4OS2. The fourth-order valence-electron chi connectivity index (χ4n) is 1.11. The molecule has 0 bridgehead atoms. The van der Waals surface area contributed by atoms with Crippen molar-refractivity contribution >= 4 is 23.6 Å². The quantitative estimate of drug-likeness (QED) is 0.767. The molecule has 2 heterocycles. The lowest BCUT2D eigenvalue weighted by molar-refractivity contribution is 0.265. The average Bonchev–Trinajstić information content (AvgIpc) is 2.79. The molecule has 0 aliphatic rings. The molecule has 0 aliphatic carbocycles. The van der Waals surface area contributed by atoms with Crippen LogP contribution in [0.15, 0.2) is 11.7 Å². The number of thiazole rings is 1. The van der Waals surface area contributed by atoms with E-state index in [2.05, 4.69) is 15.2 Å². The van der Waals surface area contributed by atoms with Crippen molar-refractivity contribution in [2.24, 2.45) is 0 Å². The lowest BCUT2D eigenvalue weighted by Crippen LogP contribution is -2.04. The number of aliphatic hydroxyl groups is 1. The molecule has 0 spiro atoms. The molecule has 2 rings (SSSR count). The normalized spacial score (nSPS) is 10.6. The van der Waals surface area contributed by atoms with Gasteiger partial charge in [-0.05, 0) is 12.2 Å². The highest BCUT2D eigenvalue weighted by molar-refractivity contribution is 7.71. The molecule has 7 heteroatoms. The molecule has 0 radical (unpaired) electrons. The molecule has 0 saturated carbocycles. The minimum atomic E-state index is -0.119. The second kappa shape index (κ2) is 3.99. The van der Waals surface area contributed by atoms with Crippen molar-refractivity contribution in [1.82, 2.24) is 19.7 Å². The summed E-state index contributed by atoms with van der Waals surface area (Å²) in [4.78, 5) is 5.05. The predicted molar refractivity (Wildman–Crippen MR) is 54.6 cm³/mol. The Kier molecular flexibility index (Phi) is 2.71. The van der Waals surface area contributed by atoms with Gasteiger partial charge in [0.25, 0.3) is 0 Å². The van der Waals surface area contributed by atoms with Crippen LogP contribution in [-0.2, 0) is 13.2 Å². The molecule has 0 fully saturated rings. The van der Waals surface area contributed by atoms with Crippen LogP contribution < -0.4 is 0 Å². The molecule has 0 saturated heterocycles. The summed E-state index contributed by atoms with van der Waals surface area (Å²) >= 11 is 6.58. The van der Waals surface area contributed by atoms with Gasteiger partial charge in [0, 0.05) is 11.1 Å². The topological polar surface area (TPSA) is 66.7 Å². The van der Waals surface area contributed by atoms with Crippen LogP contribution in [0.2, 0.25) is 0 Å². The van der Waals surface area contributed by atoms with Crippen LogP contribution in [0.25, 0.3) is 0 Å². The molecule has 2 N–H and O–H groups in total. The van der Waals surface area contributed by atoms with Gasteiger partial charge >= 0.3 is 0 Å². The molecule has 0 aromatic carbocycles. The fraction of sp³-hybridized carbons (Fsp3) is 0.286. The van der Waals surface area contributed by atoms with E-state index in [0.29, 0.717) is 17.1 Å². The van der Waals surface area contributed by atoms with E-state index in [1.165, 1.54) is 0 Å². The first-order valence-corrected chi connectivity index (χ1v) is 5.22. The van der Waals surface area contributed by atoms with Gasteiger partial charge in [-0.3, -0.25) is 14.6 Å². The van der Waals surface area contributed by atoms with Gasteiger partial charge in [-0.2, -0.15) is 5.10 Å². The Hall–Kier alpha value is -1.05. The second-order valence-corrected chi connectivity index (χ2v) is 4.01. The highest BCUT2D eigenvalue weighted by atomic mass is 32.1. The van der Waals surface area contributed by atoms with Gasteiger partial charge in [0.2, 0.25) is 0 Å². The highest BCUT2D eigenvalue weighted by Crippen LogP contribution is 2.09. The van der Waals surface area contributed by atoms with Gasteiger partial charge in [0.1, 0.15) is 6.61 Å². The molecule has 0 unspecified atom stereocenters. The van der Waals surface area contributed by atoms with Gasteiger partial charge < -0.3 is 5.11 Å². The van der Waals surface area contributed by atoms with Crippen molar-refractivity contribution in [3.63, 3.8) is 0 Å². The van der Waals surface area contributed by atoms with Gasteiger partial charge in [-0.15, -0.1) is 11.3 Å². The van der Waals surface area contributed by atoms with Crippen molar-refractivity contribution < 1.29 is 5.11 Å². The third-order valence-electron chi connectivity index (χ3n) is 1.78. The highest BCUT2D eigenvalue weighted by Gasteiger charge is 2.05. The molecule has 14 heavy (non-hydrogen) atoms. The number of nitrogens with one attached hydrogen (secondary N) is 1. The summed E-state index contributed by atoms with van der Waals surface area (Å²) in [5.74, 6) is 0.545. The van der Waals surface area contributed by atoms with Crippen molar-refractivity contribution in [3.05, 3.63) is 27.2 Å². The summed E-state index contributed by atoms with van der Waals surface area (Å²) in [7, 11) is 0. The van der Waals surface area contributed by atoms with E-state index in [1.807, 2.05) is 0 Å². The zero-order valence-electron chi connectivity index (χ0n) is 7.17. The summed E-state index contributed by atoms with van der Waals surface area (Å²) in [6, 6.07) is 0. The number of hydrogen-bond donors (Lipinski definition) is 2. The molecule has 74 valence electrons. The van der Waals surface area contributed by atoms with Crippen molar-refractivity contribution in [2.45, 2.75) is 13.2 Å². The molecule has 2 aromatic heterocycles. The number of aromatic amines is 1. The Labute approximate surface area is 89.1 Å². The SMILES string of the molecule is OCc1n[nH]c(=S)n1Cc1cncs1. The van der Waals surface area contributed by atoms with E-state index in [1.54, 1.807) is 27.6 Å². The van der Waals surface area contributed by atoms with Crippen LogP contribution in [0, 0.1) is 4.77 Å². The summed E-state index contributed by atoms with van der Waals surface area (Å²) in [6.45, 7) is 0.488. The molecule has 0 aliphatic heterocycles. The van der Waals surface area contributed by atoms with E-state index in [0.717, 1.165) is 4.88 Å². The zero-order chi connectivity index (χ0) is 9.97. The standard InChI is InChI=1S/C7H8N4OS2/c12-3-6-9-10-7(13)11(6)2-5-1-8-4-14-5/h1,4,12H,2-3H2,(H,10,13). The van der Waals surface area contributed by atoms with Crippen molar-refractivity contribution in [1.29, 1.82) is 0 Å². The summed E-state index contributed by atoms with van der Waals surface area (Å²) in [5, 5.41) is 15.5. The maximum Gasteiger partial charge on any atom is 0.195 e. The maximum atomic E-state index is 9.00. The Bertz CT molecular complexity index is 458. The van der Waals surface area contributed by atoms with E-state index in [4.69, 9.17) is 17.3 Å². The van der Waals surface area contributed by atoms with Gasteiger partial charge in [0.15, 0.2) is 10.6 Å². The molecule has 0 amide bonds. The largest absolute Gasteiger partial charge is 0.388 e. The third kappa shape index (κ3) is 1.74. The zero-order valence-corrected chi connectivity index (χ0v) is 8.81. The minimum Gasteiger partial charge on any atom is -0.388 e. The first kappa shape index (κ1) is 9.50. The smallest absolute Gasteiger partial charge is 0.195 e. The second-order valence-electron chi connectivity index (χ2n) is 2.66. The maximum absolute atomic E-state index is 9.00. The van der Waals surface area contributed by atoms with Crippen molar-refractivity contribution in [2.75, 3.05) is 0 Å². The van der Waals surface area contributed by atoms with Crippen LogP contribution in [0.1, 0.15) is 10.7 Å². The van der Waals surface area contributed by atoms with E-state index in [-0.39, 0.29) is 6.61 Å². The Morgan fingerprint density at radius 3 is 3.14 bits per heavy atom. The summed E-state index contributed by atoms with van der Waals surface area (Å²) in [6.07, 6.45) is 1.78. The van der Waals surface area contributed by atoms with Crippen LogP contribution in [-0.4, -0.2) is 24.9 Å². The number of aromatic nitrogens is 4. The Morgan fingerprint density at radius 2 is 2.50 bits per heavy atom. The first-order valence-electron chi connectivity index (χ1n) is 3.93. The predicted octanol–water partition coefficient (Wildman–Crippen LogP) is 0.938. The number of aliphatic hydroxyl groups excluding tert-OH is 1. The van der Waals surface area contributed by atoms with E-state index in [9.17, 15) is 0 Å². The lowest BCUT2D eigenvalue weighted by Gasteiger charge is -2.01. The van der Waals surface area contributed by atoms with Gasteiger partial charge in [0.05, 0.1) is 12.1 Å². The van der Waals surface area contributed by atoms with Crippen LogP contribution in [0.5, 0.6) is 0 Å². The molecule has 5 nitrogen and oxygen atoms in total. The molecule has 0 atom stereocenters. The fourth-order valence-corrected chi connectivity index (χ4v) is 1.91. The minimum absolute atomic E-state index is 0.119. The van der Waals surface area contributed by atoms with Crippen LogP contribution in [0.4, 0.5) is 0 Å². The van der Waals surface area contributed by atoms with E-state index < -0.39 is 0 Å². The number of hydrogen-bond acceptors (Lipinski definition) is 5.